The topological polar surface area (TPSA) is 20.2 Å². The minimum Gasteiger partial charge on any atom is -0.381 e. The number of fused-ring (bicyclic) bond motifs is 2. The van der Waals surface area contributed by atoms with E-state index in [0.717, 1.165) is 27.8 Å². The van der Waals surface area contributed by atoms with E-state index in [4.69, 9.17) is 0 Å². The van der Waals surface area contributed by atoms with Gasteiger partial charge in [0.2, 0.25) is 0 Å². The standard InChI is InChI=1S/C22H18O/c1-22(23)19-14-8-6-12-17(19)21(16-10-4-2-3-5-11-16)18-13-7-9-15-20(18)22/h2-15,23H,1H3. The zero-order chi connectivity index (χ0) is 15.9. The fourth-order valence-electron chi connectivity index (χ4n) is 3.52. The van der Waals surface area contributed by atoms with Gasteiger partial charge in [-0.15, -0.1) is 0 Å². The summed E-state index contributed by atoms with van der Waals surface area (Å²) in [5.41, 5.74) is 5.47. The lowest BCUT2D eigenvalue weighted by molar-refractivity contribution is 0.100. The molecule has 112 valence electrons. The second-order valence-electron chi connectivity index (χ2n) is 6.10. The average molecular weight is 298 g/mol. The number of benzene rings is 2. The third-order valence-corrected chi connectivity index (χ3v) is 4.62. The van der Waals surface area contributed by atoms with Gasteiger partial charge in [0, 0.05) is 0 Å². The summed E-state index contributed by atoms with van der Waals surface area (Å²) in [7, 11) is 0. The molecule has 0 saturated carbocycles. The van der Waals surface area contributed by atoms with E-state index in [1.165, 1.54) is 5.57 Å². The summed E-state index contributed by atoms with van der Waals surface area (Å²) < 4.78 is 0. The average Bonchev–Trinajstić information content (AvgIpc) is 2.85. The van der Waals surface area contributed by atoms with Crippen LogP contribution in [0.25, 0.3) is 5.57 Å². The molecule has 0 radical (unpaired) electrons. The molecule has 2 aliphatic rings. The maximum atomic E-state index is 11.2. The Bertz CT molecular complexity index is 822. The van der Waals surface area contributed by atoms with Crippen molar-refractivity contribution >= 4 is 5.57 Å². The van der Waals surface area contributed by atoms with Crippen molar-refractivity contribution in [3.05, 3.63) is 113 Å². The molecule has 0 heterocycles. The van der Waals surface area contributed by atoms with E-state index in [2.05, 4.69) is 36.4 Å². The Balaban J connectivity index is 2.11. The Hall–Kier alpha value is -2.64. The molecule has 0 spiro atoms. The van der Waals surface area contributed by atoms with Crippen LogP contribution in [0.3, 0.4) is 0 Å². The van der Waals surface area contributed by atoms with Crippen LogP contribution in [-0.4, -0.2) is 5.11 Å². The van der Waals surface area contributed by atoms with Gasteiger partial charge in [0.25, 0.3) is 0 Å². The largest absolute Gasteiger partial charge is 0.381 e. The fourth-order valence-corrected chi connectivity index (χ4v) is 3.52. The lowest BCUT2D eigenvalue weighted by atomic mass is 9.72. The first kappa shape index (κ1) is 14.0. The summed E-state index contributed by atoms with van der Waals surface area (Å²) in [6, 6.07) is 16.3. The molecule has 0 atom stereocenters. The smallest absolute Gasteiger partial charge is 0.113 e. The van der Waals surface area contributed by atoms with Crippen LogP contribution in [0.5, 0.6) is 0 Å². The molecule has 1 heteroatoms. The Morgan fingerprint density at radius 2 is 1.17 bits per heavy atom. The number of allylic oxidation sites excluding steroid dienone is 7. The van der Waals surface area contributed by atoms with Crippen LogP contribution in [0.2, 0.25) is 0 Å². The molecule has 0 aliphatic heterocycles. The van der Waals surface area contributed by atoms with Crippen LogP contribution >= 0.6 is 0 Å². The lowest BCUT2D eigenvalue weighted by Crippen LogP contribution is -2.29. The van der Waals surface area contributed by atoms with Crippen molar-refractivity contribution in [2.75, 3.05) is 0 Å². The summed E-state index contributed by atoms with van der Waals surface area (Å²) in [5.74, 6) is 0. The molecule has 0 bridgehead atoms. The maximum absolute atomic E-state index is 11.2. The van der Waals surface area contributed by atoms with Crippen molar-refractivity contribution < 1.29 is 5.11 Å². The van der Waals surface area contributed by atoms with Crippen molar-refractivity contribution in [3.63, 3.8) is 0 Å². The van der Waals surface area contributed by atoms with Crippen LogP contribution < -0.4 is 0 Å². The molecule has 0 unspecified atom stereocenters. The van der Waals surface area contributed by atoms with Gasteiger partial charge in [-0.05, 0) is 40.3 Å². The van der Waals surface area contributed by atoms with E-state index in [0.29, 0.717) is 0 Å². The first-order valence-electron chi connectivity index (χ1n) is 7.87. The Morgan fingerprint density at radius 3 is 1.70 bits per heavy atom. The van der Waals surface area contributed by atoms with Crippen molar-refractivity contribution in [1.82, 2.24) is 0 Å². The highest BCUT2D eigenvalue weighted by Gasteiger charge is 2.36. The molecule has 0 saturated heterocycles. The van der Waals surface area contributed by atoms with Gasteiger partial charge < -0.3 is 5.11 Å². The van der Waals surface area contributed by atoms with Crippen molar-refractivity contribution in [1.29, 1.82) is 0 Å². The summed E-state index contributed by atoms with van der Waals surface area (Å²) in [6.07, 6.45) is 12.4. The van der Waals surface area contributed by atoms with Crippen LogP contribution in [0.1, 0.15) is 29.2 Å². The monoisotopic (exact) mass is 298 g/mol. The number of hydrogen-bond donors (Lipinski definition) is 1. The maximum Gasteiger partial charge on any atom is 0.113 e. The van der Waals surface area contributed by atoms with Gasteiger partial charge in [-0.1, -0.05) is 85.0 Å². The molecule has 1 N–H and O–H groups in total. The predicted molar refractivity (Wildman–Crippen MR) is 95.0 cm³/mol. The molecule has 2 aliphatic carbocycles. The van der Waals surface area contributed by atoms with Gasteiger partial charge in [0.1, 0.15) is 5.60 Å². The second kappa shape index (κ2) is 5.22. The molecule has 0 fully saturated rings. The molecule has 2 aromatic carbocycles. The van der Waals surface area contributed by atoms with Crippen molar-refractivity contribution in [3.8, 4) is 0 Å². The number of rotatable bonds is 0. The summed E-state index contributed by atoms with van der Waals surface area (Å²) in [6.45, 7) is 1.88. The lowest BCUT2D eigenvalue weighted by Gasteiger charge is -2.35. The third-order valence-electron chi connectivity index (χ3n) is 4.62. The van der Waals surface area contributed by atoms with E-state index < -0.39 is 5.60 Å². The summed E-state index contributed by atoms with van der Waals surface area (Å²) in [4.78, 5) is 0. The highest BCUT2D eigenvalue weighted by Crippen LogP contribution is 2.46. The van der Waals surface area contributed by atoms with Crippen LogP contribution in [0.15, 0.2) is 90.6 Å². The first-order chi connectivity index (χ1) is 11.2. The summed E-state index contributed by atoms with van der Waals surface area (Å²) in [5, 5.41) is 11.2. The van der Waals surface area contributed by atoms with Crippen LogP contribution in [0.4, 0.5) is 0 Å². The Kier molecular flexibility index (Phi) is 3.17. The van der Waals surface area contributed by atoms with Gasteiger partial charge in [-0.3, -0.25) is 0 Å². The quantitative estimate of drug-likeness (QED) is 0.745. The minimum atomic E-state index is -0.979. The molecule has 2 aromatic rings. The number of hydrogen-bond acceptors (Lipinski definition) is 1. The van der Waals surface area contributed by atoms with Gasteiger partial charge in [0.05, 0.1) is 0 Å². The number of aliphatic hydroxyl groups is 1. The van der Waals surface area contributed by atoms with Gasteiger partial charge >= 0.3 is 0 Å². The predicted octanol–water partition coefficient (Wildman–Crippen LogP) is 4.74. The van der Waals surface area contributed by atoms with Gasteiger partial charge in [0.15, 0.2) is 0 Å². The molecule has 0 amide bonds. The molecule has 23 heavy (non-hydrogen) atoms. The zero-order valence-corrected chi connectivity index (χ0v) is 13.0. The van der Waals surface area contributed by atoms with Crippen molar-refractivity contribution in [2.45, 2.75) is 12.5 Å². The van der Waals surface area contributed by atoms with Gasteiger partial charge in [-0.25, -0.2) is 0 Å². The summed E-state index contributed by atoms with van der Waals surface area (Å²) >= 11 is 0. The van der Waals surface area contributed by atoms with Gasteiger partial charge in [-0.2, -0.15) is 0 Å². The molecular formula is C22H18O. The van der Waals surface area contributed by atoms with E-state index >= 15 is 0 Å². The highest BCUT2D eigenvalue weighted by atomic mass is 16.3. The first-order valence-corrected chi connectivity index (χ1v) is 7.87. The fraction of sp³-hybridized carbons (Fsp3) is 0.0909. The minimum absolute atomic E-state index is 0.959. The van der Waals surface area contributed by atoms with Crippen molar-refractivity contribution in [2.24, 2.45) is 0 Å². The van der Waals surface area contributed by atoms with E-state index in [1.54, 1.807) is 0 Å². The highest BCUT2D eigenvalue weighted by molar-refractivity contribution is 5.91. The zero-order valence-electron chi connectivity index (χ0n) is 13.0. The third kappa shape index (κ3) is 2.13. The molecule has 4 rings (SSSR count). The van der Waals surface area contributed by atoms with E-state index in [1.807, 2.05) is 55.5 Å². The van der Waals surface area contributed by atoms with Crippen LogP contribution in [-0.2, 0) is 5.60 Å². The normalized spacial score (nSPS) is 21.8. The van der Waals surface area contributed by atoms with E-state index in [-0.39, 0.29) is 0 Å². The Morgan fingerprint density at radius 1 is 0.696 bits per heavy atom. The molecule has 0 aromatic heterocycles. The van der Waals surface area contributed by atoms with Crippen LogP contribution in [0, 0.1) is 0 Å². The SMILES string of the molecule is CC1(O)c2ccccc2C(=C2C=CC=CC=C2)c2ccccc21. The molecule has 1 nitrogen and oxygen atoms in total. The van der Waals surface area contributed by atoms with E-state index in [9.17, 15) is 5.11 Å². The molecular weight excluding hydrogens is 280 g/mol. The Labute approximate surface area is 136 Å². The second-order valence-corrected chi connectivity index (χ2v) is 6.10.